The SMILES string of the molecule is Cc1cnc2c(S(=O)(=O)NCCN3CCNCC3)cccc2c1.Cl.Cl. The number of para-hydroxylation sites is 1. The van der Waals surface area contributed by atoms with E-state index in [0.29, 0.717) is 12.1 Å². The molecule has 0 radical (unpaired) electrons. The van der Waals surface area contributed by atoms with Crippen LogP contribution < -0.4 is 10.0 Å². The molecule has 2 N–H and O–H groups in total. The van der Waals surface area contributed by atoms with Gasteiger partial charge in [0, 0.05) is 50.9 Å². The highest BCUT2D eigenvalue weighted by Crippen LogP contribution is 2.21. The molecule has 0 aliphatic carbocycles. The summed E-state index contributed by atoms with van der Waals surface area (Å²) in [4.78, 5) is 6.81. The summed E-state index contributed by atoms with van der Waals surface area (Å²) < 4.78 is 27.9. The van der Waals surface area contributed by atoms with Gasteiger partial charge in [0.1, 0.15) is 4.90 Å². The molecule has 1 aromatic heterocycles. The van der Waals surface area contributed by atoms with E-state index in [2.05, 4.69) is 19.9 Å². The van der Waals surface area contributed by atoms with Crippen LogP contribution in [0.2, 0.25) is 0 Å². The van der Waals surface area contributed by atoms with Crippen LogP contribution in [-0.2, 0) is 10.0 Å². The van der Waals surface area contributed by atoms with Gasteiger partial charge in [-0.2, -0.15) is 0 Å². The van der Waals surface area contributed by atoms with E-state index in [0.717, 1.165) is 43.7 Å². The summed E-state index contributed by atoms with van der Waals surface area (Å²) in [7, 11) is -3.56. The van der Waals surface area contributed by atoms with Crippen molar-refractivity contribution in [2.75, 3.05) is 39.3 Å². The Morgan fingerprint density at radius 3 is 2.68 bits per heavy atom. The Kier molecular flexibility index (Phi) is 8.53. The predicted molar refractivity (Wildman–Crippen MR) is 105 cm³/mol. The maximum atomic E-state index is 12.6. The highest BCUT2D eigenvalue weighted by atomic mass is 35.5. The van der Waals surface area contributed by atoms with Crippen LogP contribution in [0.1, 0.15) is 5.56 Å². The summed E-state index contributed by atoms with van der Waals surface area (Å²) in [6.45, 7) is 6.90. The van der Waals surface area contributed by atoms with Crippen molar-refractivity contribution < 1.29 is 8.42 Å². The average molecular weight is 407 g/mol. The number of halogens is 2. The second-order valence-corrected chi connectivity index (χ2v) is 7.57. The van der Waals surface area contributed by atoms with Gasteiger partial charge in [-0.05, 0) is 24.6 Å². The largest absolute Gasteiger partial charge is 0.314 e. The van der Waals surface area contributed by atoms with E-state index in [9.17, 15) is 8.42 Å². The summed E-state index contributed by atoms with van der Waals surface area (Å²) in [6.07, 6.45) is 1.70. The van der Waals surface area contributed by atoms with Gasteiger partial charge in [0.2, 0.25) is 10.0 Å². The summed E-state index contributed by atoms with van der Waals surface area (Å²) in [5.74, 6) is 0. The molecule has 0 amide bonds. The molecular formula is C16H24Cl2N4O2S. The van der Waals surface area contributed by atoms with E-state index in [1.807, 2.05) is 19.1 Å². The molecule has 0 unspecified atom stereocenters. The van der Waals surface area contributed by atoms with Crippen molar-refractivity contribution in [3.8, 4) is 0 Å². The van der Waals surface area contributed by atoms with Crippen molar-refractivity contribution >= 4 is 45.7 Å². The summed E-state index contributed by atoms with van der Waals surface area (Å²) in [5, 5.41) is 4.13. The van der Waals surface area contributed by atoms with E-state index in [4.69, 9.17) is 0 Å². The molecule has 1 aromatic carbocycles. The first-order chi connectivity index (χ1) is 11.1. The maximum Gasteiger partial charge on any atom is 0.242 e. The summed E-state index contributed by atoms with van der Waals surface area (Å²) in [5.41, 5.74) is 1.53. The number of hydrogen-bond acceptors (Lipinski definition) is 5. The molecule has 3 rings (SSSR count). The van der Waals surface area contributed by atoms with Gasteiger partial charge in [-0.3, -0.25) is 9.88 Å². The number of hydrogen-bond donors (Lipinski definition) is 2. The minimum absolute atomic E-state index is 0. The average Bonchev–Trinajstić information content (AvgIpc) is 2.55. The number of sulfonamides is 1. The van der Waals surface area contributed by atoms with Crippen LogP contribution in [0.15, 0.2) is 35.4 Å². The highest BCUT2D eigenvalue weighted by Gasteiger charge is 2.18. The highest BCUT2D eigenvalue weighted by molar-refractivity contribution is 7.89. The standard InChI is InChI=1S/C16H22N4O2S.2ClH/c1-13-11-14-3-2-4-15(16(14)18-12-13)23(21,22)19-7-10-20-8-5-17-6-9-20;;/h2-4,11-12,17,19H,5-10H2,1H3;2*1H. The molecular weight excluding hydrogens is 383 g/mol. The fraction of sp³-hybridized carbons (Fsp3) is 0.438. The third kappa shape index (κ3) is 5.51. The molecule has 25 heavy (non-hydrogen) atoms. The van der Waals surface area contributed by atoms with Crippen LogP contribution >= 0.6 is 24.8 Å². The molecule has 0 atom stereocenters. The number of rotatable bonds is 5. The first kappa shape index (κ1) is 22.1. The van der Waals surface area contributed by atoms with Gasteiger partial charge in [0.15, 0.2) is 0 Å². The number of aromatic nitrogens is 1. The number of aryl methyl sites for hydroxylation is 1. The number of piperazine rings is 1. The molecule has 140 valence electrons. The zero-order chi connectivity index (χ0) is 16.3. The van der Waals surface area contributed by atoms with Crippen LogP contribution in [0.4, 0.5) is 0 Å². The molecule has 6 nitrogen and oxygen atoms in total. The lowest BCUT2D eigenvalue weighted by Crippen LogP contribution is -2.46. The van der Waals surface area contributed by atoms with E-state index < -0.39 is 10.0 Å². The van der Waals surface area contributed by atoms with Crippen molar-refractivity contribution in [1.82, 2.24) is 19.9 Å². The fourth-order valence-corrected chi connectivity index (χ4v) is 4.01. The summed E-state index contributed by atoms with van der Waals surface area (Å²) >= 11 is 0. The normalized spacial score (nSPS) is 15.4. The van der Waals surface area contributed by atoms with Crippen LogP contribution in [-0.4, -0.2) is 57.6 Å². The van der Waals surface area contributed by atoms with Gasteiger partial charge < -0.3 is 5.32 Å². The van der Waals surface area contributed by atoms with Crippen molar-refractivity contribution in [2.24, 2.45) is 0 Å². The van der Waals surface area contributed by atoms with Crippen LogP contribution in [0.3, 0.4) is 0 Å². The minimum atomic E-state index is -3.56. The molecule has 1 saturated heterocycles. The second kappa shape index (κ2) is 9.66. The first-order valence-corrected chi connectivity index (χ1v) is 9.33. The molecule has 0 saturated carbocycles. The zero-order valence-electron chi connectivity index (χ0n) is 14.1. The second-order valence-electron chi connectivity index (χ2n) is 5.83. The monoisotopic (exact) mass is 406 g/mol. The maximum absolute atomic E-state index is 12.6. The van der Waals surface area contributed by atoms with Crippen LogP contribution in [0.5, 0.6) is 0 Å². The predicted octanol–water partition coefficient (Wildman–Crippen LogP) is 1.57. The first-order valence-electron chi connectivity index (χ1n) is 7.84. The van der Waals surface area contributed by atoms with E-state index in [1.54, 1.807) is 18.3 Å². The molecule has 0 spiro atoms. The molecule has 9 heteroatoms. The lowest BCUT2D eigenvalue weighted by molar-refractivity contribution is 0.245. The Morgan fingerprint density at radius 1 is 1.24 bits per heavy atom. The third-order valence-electron chi connectivity index (χ3n) is 4.03. The van der Waals surface area contributed by atoms with E-state index in [1.165, 1.54) is 0 Å². The topological polar surface area (TPSA) is 74.3 Å². The Bertz CT molecular complexity index is 796. The lowest BCUT2D eigenvalue weighted by atomic mass is 10.2. The Labute approximate surface area is 161 Å². The van der Waals surface area contributed by atoms with Crippen LogP contribution in [0.25, 0.3) is 10.9 Å². The quantitative estimate of drug-likeness (QED) is 0.787. The van der Waals surface area contributed by atoms with Crippen molar-refractivity contribution in [2.45, 2.75) is 11.8 Å². The third-order valence-corrected chi connectivity index (χ3v) is 5.52. The van der Waals surface area contributed by atoms with Gasteiger partial charge in [0.25, 0.3) is 0 Å². The number of nitrogens with one attached hydrogen (secondary N) is 2. The lowest BCUT2D eigenvalue weighted by Gasteiger charge is -2.27. The van der Waals surface area contributed by atoms with E-state index >= 15 is 0 Å². The minimum Gasteiger partial charge on any atom is -0.314 e. The smallest absolute Gasteiger partial charge is 0.242 e. The molecule has 2 aromatic rings. The van der Waals surface area contributed by atoms with Gasteiger partial charge in [-0.25, -0.2) is 13.1 Å². The zero-order valence-corrected chi connectivity index (χ0v) is 16.5. The summed E-state index contributed by atoms with van der Waals surface area (Å²) in [6, 6.07) is 7.20. The number of fused-ring (bicyclic) bond motifs is 1. The fourth-order valence-electron chi connectivity index (χ4n) is 2.81. The molecule has 0 bridgehead atoms. The van der Waals surface area contributed by atoms with Crippen molar-refractivity contribution in [1.29, 1.82) is 0 Å². The van der Waals surface area contributed by atoms with Gasteiger partial charge >= 0.3 is 0 Å². The van der Waals surface area contributed by atoms with Gasteiger partial charge in [-0.1, -0.05) is 12.1 Å². The van der Waals surface area contributed by atoms with Crippen molar-refractivity contribution in [3.05, 3.63) is 36.0 Å². The van der Waals surface area contributed by atoms with Crippen LogP contribution in [0, 0.1) is 6.92 Å². The Balaban J connectivity index is 0.00000156. The molecule has 2 heterocycles. The number of pyridine rings is 1. The van der Waals surface area contributed by atoms with E-state index in [-0.39, 0.29) is 29.7 Å². The van der Waals surface area contributed by atoms with Gasteiger partial charge in [0.05, 0.1) is 5.52 Å². The van der Waals surface area contributed by atoms with Gasteiger partial charge in [-0.15, -0.1) is 24.8 Å². The van der Waals surface area contributed by atoms with Crippen molar-refractivity contribution in [3.63, 3.8) is 0 Å². The number of nitrogens with zero attached hydrogens (tertiary/aromatic N) is 2. The molecule has 1 fully saturated rings. The Hall–Kier alpha value is -0.960. The number of benzene rings is 1. The molecule has 1 aliphatic rings. The Morgan fingerprint density at radius 2 is 1.96 bits per heavy atom. The molecule has 1 aliphatic heterocycles.